The molecule has 6 nitrogen and oxygen atoms in total. The molecule has 2 rings (SSSR count). The predicted molar refractivity (Wildman–Crippen MR) is 92.7 cm³/mol. The number of carbonyl (C=O) groups excluding carboxylic acids is 1. The van der Waals surface area contributed by atoms with Gasteiger partial charge in [-0.1, -0.05) is 12.2 Å². The Morgan fingerprint density at radius 2 is 2.00 bits per heavy atom. The predicted octanol–water partition coefficient (Wildman–Crippen LogP) is 2.17. The number of allylic oxidation sites excluding steroid dienone is 1. The Morgan fingerprint density at radius 3 is 2.54 bits per heavy atom. The number of benzene rings is 1. The topological polar surface area (TPSA) is 75.7 Å². The fourth-order valence-electron chi connectivity index (χ4n) is 2.64. The van der Waals surface area contributed by atoms with Crippen molar-refractivity contribution in [3.05, 3.63) is 35.9 Å². The zero-order valence-corrected chi connectivity index (χ0v) is 15.3. The number of rotatable bonds is 5. The molecule has 0 aliphatic heterocycles. The molecule has 1 aliphatic carbocycles. The van der Waals surface area contributed by atoms with Crippen molar-refractivity contribution in [2.24, 2.45) is 0 Å². The number of sulfonamides is 1. The molecule has 24 heavy (non-hydrogen) atoms. The van der Waals surface area contributed by atoms with Crippen molar-refractivity contribution in [1.29, 1.82) is 0 Å². The Morgan fingerprint density at radius 1 is 1.29 bits per heavy atom. The first kappa shape index (κ1) is 18.5. The molecule has 7 heteroatoms. The lowest BCUT2D eigenvalue weighted by atomic mass is 9.87. The van der Waals surface area contributed by atoms with Crippen LogP contribution in [0.5, 0.6) is 5.75 Å². The van der Waals surface area contributed by atoms with Gasteiger partial charge in [-0.15, -0.1) is 0 Å². The zero-order chi connectivity index (χ0) is 18.0. The molecule has 0 spiro atoms. The largest absolute Gasteiger partial charge is 0.495 e. The molecule has 1 aromatic rings. The third kappa shape index (κ3) is 3.79. The summed E-state index contributed by atoms with van der Waals surface area (Å²) >= 11 is 0. The minimum atomic E-state index is -3.71. The fraction of sp³-hybridized carbons (Fsp3) is 0.471. The van der Waals surface area contributed by atoms with Gasteiger partial charge in [-0.05, 0) is 44.4 Å². The summed E-state index contributed by atoms with van der Waals surface area (Å²) in [7, 11) is 0.578. The highest BCUT2D eigenvalue weighted by atomic mass is 32.2. The van der Waals surface area contributed by atoms with Crippen molar-refractivity contribution in [3.63, 3.8) is 0 Å². The Labute approximate surface area is 143 Å². The molecule has 1 aliphatic rings. The second-order valence-electron chi connectivity index (χ2n) is 6.38. The van der Waals surface area contributed by atoms with Crippen LogP contribution >= 0.6 is 0 Å². The molecule has 0 radical (unpaired) electrons. The van der Waals surface area contributed by atoms with E-state index in [9.17, 15) is 13.2 Å². The van der Waals surface area contributed by atoms with Crippen LogP contribution < -0.4 is 10.1 Å². The summed E-state index contributed by atoms with van der Waals surface area (Å²) in [6.45, 7) is 2.00. The molecule has 1 aromatic carbocycles. The first-order chi connectivity index (χ1) is 11.2. The van der Waals surface area contributed by atoms with Crippen molar-refractivity contribution in [3.8, 4) is 5.75 Å². The second kappa shape index (κ2) is 6.94. The molecule has 0 bridgehead atoms. The van der Waals surface area contributed by atoms with Crippen LogP contribution in [0.4, 0.5) is 0 Å². The van der Waals surface area contributed by atoms with Crippen molar-refractivity contribution < 1.29 is 17.9 Å². The van der Waals surface area contributed by atoms with Gasteiger partial charge in [0.1, 0.15) is 10.6 Å². The van der Waals surface area contributed by atoms with Crippen LogP contribution in [0.15, 0.2) is 35.2 Å². The average molecular weight is 352 g/mol. The van der Waals surface area contributed by atoms with E-state index in [4.69, 9.17) is 4.74 Å². The zero-order valence-electron chi connectivity index (χ0n) is 14.5. The van der Waals surface area contributed by atoms with E-state index in [1.807, 2.05) is 6.92 Å². The lowest BCUT2D eigenvalue weighted by Gasteiger charge is -2.32. The molecule has 1 amide bonds. The molecule has 1 N–H and O–H groups in total. The van der Waals surface area contributed by atoms with Crippen LogP contribution in [0.3, 0.4) is 0 Å². The Hall–Kier alpha value is -1.86. The molecule has 0 heterocycles. The average Bonchev–Trinajstić information content (AvgIpc) is 2.54. The summed E-state index contributed by atoms with van der Waals surface area (Å²) < 4.78 is 31.1. The lowest BCUT2D eigenvalue weighted by molar-refractivity contribution is 0.0900. The Bertz CT molecular complexity index is 756. The van der Waals surface area contributed by atoms with Gasteiger partial charge in [-0.3, -0.25) is 4.79 Å². The number of nitrogens with zero attached hydrogens (tertiary/aromatic N) is 1. The van der Waals surface area contributed by atoms with Crippen LogP contribution in [-0.4, -0.2) is 45.4 Å². The summed E-state index contributed by atoms with van der Waals surface area (Å²) in [5.74, 6) is -0.0716. The number of methoxy groups -OCH3 is 1. The van der Waals surface area contributed by atoms with Gasteiger partial charge < -0.3 is 10.1 Å². The van der Waals surface area contributed by atoms with E-state index in [1.54, 1.807) is 6.07 Å². The molecular weight excluding hydrogens is 328 g/mol. The molecular formula is C17H24N2O4S. The number of hydrogen-bond acceptors (Lipinski definition) is 4. The van der Waals surface area contributed by atoms with Crippen molar-refractivity contribution in [1.82, 2.24) is 9.62 Å². The summed E-state index contributed by atoms with van der Waals surface area (Å²) in [6, 6.07) is 4.45. The van der Waals surface area contributed by atoms with Gasteiger partial charge in [-0.25, -0.2) is 12.7 Å². The number of amides is 1. The van der Waals surface area contributed by atoms with Gasteiger partial charge in [0, 0.05) is 25.2 Å². The number of hydrogen-bond donors (Lipinski definition) is 1. The van der Waals surface area contributed by atoms with Crippen molar-refractivity contribution in [2.75, 3.05) is 21.2 Å². The Kier molecular flexibility index (Phi) is 5.35. The number of carbonyl (C=O) groups is 1. The first-order valence-corrected chi connectivity index (χ1v) is 9.22. The maximum atomic E-state index is 12.6. The molecule has 1 unspecified atom stereocenters. The van der Waals surface area contributed by atoms with Gasteiger partial charge >= 0.3 is 0 Å². The second-order valence-corrected chi connectivity index (χ2v) is 8.50. The highest BCUT2D eigenvalue weighted by Crippen LogP contribution is 2.28. The van der Waals surface area contributed by atoms with Crippen molar-refractivity contribution >= 4 is 15.9 Å². The van der Waals surface area contributed by atoms with E-state index in [-0.39, 0.29) is 22.1 Å². The quantitative estimate of drug-likeness (QED) is 0.824. The normalized spacial score (nSPS) is 20.9. The first-order valence-electron chi connectivity index (χ1n) is 7.78. The molecule has 132 valence electrons. The SMILES string of the molecule is COc1ccc(C(=O)NC2(C)CC=CCC2)cc1S(=O)(=O)N(C)C. The summed E-state index contributed by atoms with van der Waals surface area (Å²) in [5, 5.41) is 3.02. The third-order valence-electron chi connectivity index (χ3n) is 4.20. The van der Waals surface area contributed by atoms with E-state index in [1.165, 1.54) is 33.3 Å². The van der Waals surface area contributed by atoms with Gasteiger partial charge in [0.25, 0.3) is 5.91 Å². The number of ether oxygens (including phenoxy) is 1. The summed E-state index contributed by atoms with van der Waals surface area (Å²) in [6.07, 6.45) is 6.69. The molecule has 0 fully saturated rings. The van der Waals surface area contributed by atoms with Gasteiger partial charge in [-0.2, -0.15) is 0 Å². The molecule has 0 saturated carbocycles. The Balaban J connectivity index is 2.35. The lowest BCUT2D eigenvalue weighted by Crippen LogP contribution is -2.46. The van der Waals surface area contributed by atoms with Gasteiger partial charge in [0.2, 0.25) is 10.0 Å². The smallest absolute Gasteiger partial charge is 0.251 e. The maximum absolute atomic E-state index is 12.6. The molecule has 0 saturated heterocycles. The van der Waals surface area contributed by atoms with E-state index < -0.39 is 10.0 Å². The number of nitrogens with one attached hydrogen (secondary N) is 1. The van der Waals surface area contributed by atoms with Gasteiger partial charge in [0.05, 0.1) is 7.11 Å². The van der Waals surface area contributed by atoms with Crippen molar-refractivity contribution in [2.45, 2.75) is 36.6 Å². The minimum absolute atomic E-state index is 0.0173. The standard InChI is InChI=1S/C17H24N2O4S/c1-17(10-6-5-7-11-17)18-16(20)13-8-9-14(23-4)15(12-13)24(21,22)19(2)3/h5-6,8-9,12H,7,10-11H2,1-4H3,(H,18,20). The van der Waals surface area contributed by atoms with Gasteiger partial charge in [0.15, 0.2) is 0 Å². The van der Waals surface area contributed by atoms with E-state index in [2.05, 4.69) is 17.5 Å². The highest BCUT2D eigenvalue weighted by molar-refractivity contribution is 7.89. The van der Waals surface area contributed by atoms with E-state index in [0.29, 0.717) is 5.56 Å². The summed E-state index contributed by atoms with van der Waals surface area (Å²) in [4.78, 5) is 12.6. The molecule has 1 atom stereocenters. The van der Waals surface area contributed by atoms with Crippen LogP contribution in [-0.2, 0) is 10.0 Å². The van der Waals surface area contributed by atoms with Crippen LogP contribution in [0.2, 0.25) is 0 Å². The maximum Gasteiger partial charge on any atom is 0.251 e. The fourth-order valence-corrected chi connectivity index (χ4v) is 3.72. The van der Waals surface area contributed by atoms with E-state index >= 15 is 0 Å². The van der Waals surface area contributed by atoms with Crippen LogP contribution in [0.1, 0.15) is 36.5 Å². The van der Waals surface area contributed by atoms with Crippen LogP contribution in [0.25, 0.3) is 0 Å². The highest BCUT2D eigenvalue weighted by Gasteiger charge is 2.28. The summed E-state index contributed by atoms with van der Waals surface area (Å²) in [5.41, 5.74) is -0.0150. The third-order valence-corrected chi connectivity index (χ3v) is 6.03. The minimum Gasteiger partial charge on any atom is -0.495 e. The molecule has 0 aromatic heterocycles. The monoisotopic (exact) mass is 352 g/mol. The van der Waals surface area contributed by atoms with Crippen LogP contribution in [0, 0.1) is 0 Å². The van der Waals surface area contributed by atoms with E-state index in [0.717, 1.165) is 23.6 Å².